The van der Waals surface area contributed by atoms with Crippen molar-refractivity contribution in [3.63, 3.8) is 0 Å². The van der Waals surface area contributed by atoms with Crippen molar-refractivity contribution in [2.45, 2.75) is 66.2 Å². The maximum absolute atomic E-state index is 4.56. The van der Waals surface area contributed by atoms with Crippen LogP contribution in [-0.2, 0) is 12.8 Å². The van der Waals surface area contributed by atoms with E-state index in [1.165, 1.54) is 34.2 Å². The average molecular weight is 421 g/mol. The average Bonchev–Trinajstić information content (AvgIpc) is 3.12. The van der Waals surface area contributed by atoms with Crippen LogP contribution in [0.25, 0.3) is 10.2 Å². The van der Waals surface area contributed by atoms with Crippen LogP contribution in [0.3, 0.4) is 0 Å². The number of hydrogen-bond acceptors (Lipinski definition) is 5. The standard InChI is InChI=1S/C25H32N4S/c1-6-25(4,5)19-11-12-21-20(13-19)22-23(26-15-27-24(22)30-21)29-28-14-17-7-9-18(10-8-17)16(2)3/h7-10,14-16,19H,6,11-13H2,1-5H3,(H,26,27,29)/b28-14+/t19-/m0/s1. The lowest BCUT2D eigenvalue weighted by Crippen LogP contribution is -2.28. The summed E-state index contributed by atoms with van der Waals surface area (Å²) in [5.74, 6) is 2.06. The molecule has 0 radical (unpaired) electrons. The van der Waals surface area contributed by atoms with Gasteiger partial charge in [-0.05, 0) is 53.2 Å². The molecule has 0 unspecified atom stereocenters. The minimum absolute atomic E-state index is 0.357. The number of rotatable bonds is 6. The molecule has 2 heterocycles. The monoisotopic (exact) mass is 420 g/mol. The fraction of sp³-hybridized carbons (Fsp3) is 0.480. The Morgan fingerprint density at radius 1 is 1.23 bits per heavy atom. The molecule has 1 N–H and O–H groups in total. The molecule has 0 saturated carbocycles. The van der Waals surface area contributed by atoms with Gasteiger partial charge in [-0.2, -0.15) is 5.10 Å². The smallest absolute Gasteiger partial charge is 0.158 e. The quantitative estimate of drug-likeness (QED) is 0.352. The highest BCUT2D eigenvalue weighted by molar-refractivity contribution is 7.19. The number of aryl methyl sites for hydroxylation is 1. The number of nitrogens with one attached hydrogen (secondary N) is 1. The third-order valence-electron chi connectivity index (χ3n) is 6.84. The largest absolute Gasteiger partial charge is 0.261 e. The summed E-state index contributed by atoms with van der Waals surface area (Å²) in [5, 5.41) is 5.66. The Bertz CT molecular complexity index is 1050. The molecule has 1 aliphatic carbocycles. The Morgan fingerprint density at radius 2 is 2.00 bits per heavy atom. The summed E-state index contributed by atoms with van der Waals surface area (Å²) < 4.78 is 0. The molecule has 1 atom stereocenters. The predicted octanol–water partition coefficient (Wildman–Crippen LogP) is 6.80. The van der Waals surface area contributed by atoms with Gasteiger partial charge in [0.15, 0.2) is 5.82 Å². The van der Waals surface area contributed by atoms with Gasteiger partial charge >= 0.3 is 0 Å². The number of fused-ring (bicyclic) bond motifs is 3. The minimum Gasteiger partial charge on any atom is -0.261 e. The summed E-state index contributed by atoms with van der Waals surface area (Å²) in [6.07, 6.45) is 8.23. The van der Waals surface area contributed by atoms with E-state index in [-0.39, 0.29) is 0 Å². The van der Waals surface area contributed by atoms with Gasteiger partial charge in [0.25, 0.3) is 0 Å². The molecule has 1 aliphatic rings. The van der Waals surface area contributed by atoms with Gasteiger partial charge in [0, 0.05) is 4.88 Å². The molecule has 4 nitrogen and oxygen atoms in total. The van der Waals surface area contributed by atoms with Crippen LogP contribution in [0, 0.1) is 11.3 Å². The van der Waals surface area contributed by atoms with Crippen molar-refractivity contribution >= 4 is 33.6 Å². The normalized spacial score (nSPS) is 17.1. The lowest BCUT2D eigenvalue weighted by Gasteiger charge is -2.36. The number of benzene rings is 1. The number of hydrazone groups is 1. The third-order valence-corrected chi connectivity index (χ3v) is 8.04. The van der Waals surface area contributed by atoms with Gasteiger partial charge < -0.3 is 0 Å². The fourth-order valence-corrected chi connectivity index (χ4v) is 5.47. The lowest BCUT2D eigenvalue weighted by atomic mass is 9.69. The second-order valence-corrected chi connectivity index (χ2v) is 10.5. The number of aromatic nitrogens is 2. The molecule has 5 heteroatoms. The Labute approximate surface area is 183 Å². The molecule has 0 fully saturated rings. The molecular weight excluding hydrogens is 388 g/mol. The Balaban J connectivity index is 1.59. The van der Waals surface area contributed by atoms with Gasteiger partial charge in [-0.3, -0.25) is 5.43 Å². The molecular formula is C25H32N4S. The zero-order chi connectivity index (χ0) is 21.3. The van der Waals surface area contributed by atoms with Gasteiger partial charge in [-0.25, -0.2) is 9.97 Å². The summed E-state index contributed by atoms with van der Waals surface area (Å²) in [7, 11) is 0. The van der Waals surface area contributed by atoms with Crippen LogP contribution < -0.4 is 5.43 Å². The fourth-order valence-electron chi connectivity index (χ4n) is 4.28. The van der Waals surface area contributed by atoms with Gasteiger partial charge in [0.05, 0.1) is 11.6 Å². The molecule has 1 aromatic carbocycles. The van der Waals surface area contributed by atoms with Gasteiger partial charge in [0.2, 0.25) is 0 Å². The Morgan fingerprint density at radius 3 is 2.70 bits per heavy atom. The molecule has 158 valence electrons. The van der Waals surface area contributed by atoms with E-state index < -0.39 is 0 Å². The van der Waals surface area contributed by atoms with E-state index in [2.05, 4.69) is 79.4 Å². The number of nitrogens with zero attached hydrogens (tertiary/aromatic N) is 3. The van der Waals surface area contributed by atoms with E-state index in [0.29, 0.717) is 17.3 Å². The molecule has 2 aromatic heterocycles. The van der Waals surface area contributed by atoms with E-state index in [1.807, 2.05) is 17.6 Å². The van der Waals surface area contributed by atoms with Crippen LogP contribution in [0.4, 0.5) is 5.82 Å². The Hall–Kier alpha value is -2.27. The van der Waals surface area contributed by atoms with E-state index in [9.17, 15) is 0 Å². The zero-order valence-electron chi connectivity index (χ0n) is 18.7. The van der Waals surface area contributed by atoms with Crippen molar-refractivity contribution in [3.05, 3.63) is 52.2 Å². The lowest BCUT2D eigenvalue weighted by molar-refractivity contribution is 0.184. The van der Waals surface area contributed by atoms with E-state index in [1.54, 1.807) is 6.33 Å². The van der Waals surface area contributed by atoms with E-state index >= 15 is 0 Å². The van der Waals surface area contributed by atoms with Gasteiger partial charge in [-0.15, -0.1) is 11.3 Å². The molecule has 4 rings (SSSR count). The highest BCUT2D eigenvalue weighted by Gasteiger charge is 2.33. The molecule has 0 amide bonds. The first kappa shape index (κ1) is 21.0. The maximum Gasteiger partial charge on any atom is 0.158 e. The second-order valence-electron chi connectivity index (χ2n) is 9.38. The molecule has 0 spiro atoms. The van der Waals surface area contributed by atoms with E-state index in [4.69, 9.17) is 0 Å². The first-order valence-corrected chi connectivity index (χ1v) is 11.8. The summed E-state index contributed by atoms with van der Waals surface area (Å²) in [5.41, 5.74) is 7.41. The third kappa shape index (κ3) is 4.13. The molecule has 0 aliphatic heterocycles. The first-order valence-electron chi connectivity index (χ1n) is 11.0. The zero-order valence-corrected chi connectivity index (χ0v) is 19.5. The molecule has 0 saturated heterocycles. The predicted molar refractivity (Wildman–Crippen MR) is 129 cm³/mol. The highest BCUT2D eigenvalue weighted by atomic mass is 32.1. The van der Waals surface area contributed by atoms with Crippen molar-refractivity contribution in [1.82, 2.24) is 9.97 Å². The van der Waals surface area contributed by atoms with Crippen LogP contribution >= 0.6 is 11.3 Å². The van der Waals surface area contributed by atoms with Crippen molar-refractivity contribution in [2.24, 2.45) is 16.4 Å². The minimum atomic E-state index is 0.357. The van der Waals surface area contributed by atoms with Crippen molar-refractivity contribution in [1.29, 1.82) is 0 Å². The van der Waals surface area contributed by atoms with Crippen molar-refractivity contribution in [3.8, 4) is 0 Å². The van der Waals surface area contributed by atoms with Crippen LogP contribution in [-0.4, -0.2) is 16.2 Å². The number of hydrogen-bond donors (Lipinski definition) is 1. The summed E-state index contributed by atoms with van der Waals surface area (Å²) in [6, 6.07) is 8.56. The highest BCUT2D eigenvalue weighted by Crippen LogP contribution is 2.45. The van der Waals surface area contributed by atoms with Gasteiger partial charge in [0.1, 0.15) is 11.2 Å². The summed E-state index contributed by atoms with van der Waals surface area (Å²) in [4.78, 5) is 11.6. The maximum atomic E-state index is 4.56. The summed E-state index contributed by atoms with van der Waals surface area (Å²) >= 11 is 1.83. The van der Waals surface area contributed by atoms with Crippen molar-refractivity contribution < 1.29 is 0 Å². The van der Waals surface area contributed by atoms with Crippen LogP contribution in [0.2, 0.25) is 0 Å². The second kappa shape index (κ2) is 8.46. The van der Waals surface area contributed by atoms with Gasteiger partial charge in [-0.1, -0.05) is 65.3 Å². The van der Waals surface area contributed by atoms with Crippen molar-refractivity contribution in [2.75, 3.05) is 5.43 Å². The number of thiophene rings is 1. The van der Waals surface area contributed by atoms with Crippen LogP contribution in [0.1, 0.15) is 74.9 Å². The number of anilines is 1. The SMILES string of the molecule is CCC(C)(C)[C@H]1CCc2sc3ncnc(N/N=C/c4ccc(C(C)C)cc4)c3c2C1. The molecule has 30 heavy (non-hydrogen) atoms. The van der Waals surface area contributed by atoms with Crippen LogP contribution in [0.15, 0.2) is 35.7 Å². The molecule has 0 bridgehead atoms. The molecule has 3 aromatic rings. The van der Waals surface area contributed by atoms with E-state index in [0.717, 1.165) is 29.1 Å². The Kier molecular flexibility index (Phi) is 5.92. The first-order chi connectivity index (χ1) is 14.4. The van der Waals surface area contributed by atoms with Crippen LogP contribution in [0.5, 0.6) is 0 Å². The topological polar surface area (TPSA) is 50.2 Å². The summed E-state index contributed by atoms with van der Waals surface area (Å²) in [6.45, 7) is 11.5.